The van der Waals surface area contributed by atoms with E-state index >= 15 is 0 Å². The molecule has 0 heterocycles. The van der Waals surface area contributed by atoms with Crippen molar-refractivity contribution >= 4 is 5.97 Å². The van der Waals surface area contributed by atoms with Crippen LogP contribution in [0, 0.1) is 10.1 Å². The van der Waals surface area contributed by atoms with Gasteiger partial charge >= 0.3 is 5.97 Å². The largest absolute Gasteiger partial charge is 0.481 e. The molecule has 0 fully saturated rings. The van der Waals surface area contributed by atoms with Gasteiger partial charge in [0.25, 0.3) is 0 Å². The van der Waals surface area contributed by atoms with E-state index in [-0.39, 0.29) is 11.3 Å². The minimum atomic E-state index is -0.750. The Kier molecular flexibility index (Phi) is 16.5. The highest BCUT2D eigenvalue weighted by Crippen LogP contribution is 2.15. The standard InChI is InChI=1S/C20H37NO4/c1-2-3-4-5-6-7-8-10-13-16-19(21(24)25)17-14-11-9-12-15-18-20(22)23/h16H,2-15,17-18H2,1H3,(H,22,23). The minimum Gasteiger partial charge on any atom is -0.481 e. The first-order valence-corrected chi connectivity index (χ1v) is 10.1. The Bertz CT molecular complexity index is 380. The molecule has 0 atom stereocenters. The zero-order chi connectivity index (χ0) is 18.8. The number of nitrogens with zero attached hydrogens (tertiary/aromatic N) is 1. The Balaban J connectivity index is 3.66. The Labute approximate surface area is 153 Å². The number of aliphatic carboxylic acids is 1. The number of unbranched alkanes of at least 4 members (excludes halogenated alkanes) is 12. The van der Waals surface area contributed by atoms with E-state index < -0.39 is 5.97 Å². The van der Waals surface area contributed by atoms with Gasteiger partial charge in [0.1, 0.15) is 0 Å². The minimum absolute atomic E-state index is 0.221. The normalized spacial score (nSPS) is 11.6. The first-order chi connectivity index (χ1) is 12.1. The zero-order valence-electron chi connectivity index (χ0n) is 16.0. The molecule has 0 amide bonds. The van der Waals surface area contributed by atoms with Crippen LogP contribution in [-0.2, 0) is 4.79 Å². The number of carboxylic acid groups (broad SMARTS) is 1. The van der Waals surface area contributed by atoms with Gasteiger partial charge in [0.15, 0.2) is 0 Å². The van der Waals surface area contributed by atoms with Crippen LogP contribution in [0.15, 0.2) is 11.8 Å². The van der Waals surface area contributed by atoms with Crippen molar-refractivity contribution in [2.24, 2.45) is 0 Å². The van der Waals surface area contributed by atoms with Crippen molar-refractivity contribution in [2.45, 2.75) is 110 Å². The van der Waals surface area contributed by atoms with Gasteiger partial charge in [-0.25, -0.2) is 0 Å². The molecule has 0 aliphatic carbocycles. The monoisotopic (exact) mass is 355 g/mol. The van der Waals surface area contributed by atoms with Gasteiger partial charge in [0.2, 0.25) is 5.70 Å². The average molecular weight is 356 g/mol. The highest BCUT2D eigenvalue weighted by molar-refractivity contribution is 5.66. The maximum absolute atomic E-state index is 11.1. The summed E-state index contributed by atoms with van der Waals surface area (Å²) in [6.45, 7) is 2.22. The fourth-order valence-electron chi connectivity index (χ4n) is 2.93. The number of carbonyl (C=O) groups is 1. The van der Waals surface area contributed by atoms with Crippen molar-refractivity contribution in [1.82, 2.24) is 0 Å². The fourth-order valence-corrected chi connectivity index (χ4v) is 2.93. The van der Waals surface area contributed by atoms with Gasteiger partial charge in [-0.1, -0.05) is 71.1 Å². The topological polar surface area (TPSA) is 80.4 Å². The molecular formula is C20H37NO4. The van der Waals surface area contributed by atoms with Crippen LogP contribution in [0.3, 0.4) is 0 Å². The van der Waals surface area contributed by atoms with Crippen molar-refractivity contribution in [3.63, 3.8) is 0 Å². The summed E-state index contributed by atoms with van der Waals surface area (Å²) in [5.74, 6) is -0.750. The van der Waals surface area contributed by atoms with Crippen LogP contribution in [0.4, 0.5) is 0 Å². The molecule has 0 rings (SSSR count). The number of hydrogen-bond donors (Lipinski definition) is 1. The number of carboxylic acids is 1. The van der Waals surface area contributed by atoms with E-state index in [4.69, 9.17) is 5.11 Å². The summed E-state index contributed by atoms with van der Waals surface area (Å²) in [5.41, 5.74) is 0.355. The summed E-state index contributed by atoms with van der Waals surface area (Å²) in [5, 5.41) is 19.6. The van der Waals surface area contributed by atoms with E-state index in [1.807, 2.05) is 6.08 Å². The van der Waals surface area contributed by atoms with Crippen LogP contribution in [0.5, 0.6) is 0 Å². The Morgan fingerprint density at radius 1 is 0.840 bits per heavy atom. The molecule has 0 aliphatic heterocycles. The second-order valence-corrected chi connectivity index (χ2v) is 6.88. The first kappa shape index (κ1) is 23.6. The molecule has 0 saturated heterocycles. The van der Waals surface area contributed by atoms with Crippen molar-refractivity contribution in [3.05, 3.63) is 21.9 Å². The number of rotatable bonds is 18. The molecule has 0 unspecified atom stereocenters. The van der Waals surface area contributed by atoms with Crippen LogP contribution >= 0.6 is 0 Å². The van der Waals surface area contributed by atoms with Gasteiger partial charge in [-0.05, 0) is 31.8 Å². The van der Waals surface area contributed by atoms with Gasteiger partial charge < -0.3 is 5.11 Å². The SMILES string of the molecule is CCCCCCCCCCC=C(CCCCCCCC(=O)O)[N+](=O)[O-]. The van der Waals surface area contributed by atoms with E-state index in [2.05, 4.69) is 6.92 Å². The Hall–Kier alpha value is -1.39. The predicted octanol–water partition coefficient (Wildman–Crippen LogP) is 6.49. The first-order valence-electron chi connectivity index (χ1n) is 10.1. The Morgan fingerprint density at radius 3 is 1.84 bits per heavy atom. The molecule has 0 radical (unpaired) electrons. The molecule has 146 valence electrons. The lowest BCUT2D eigenvalue weighted by Gasteiger charge is -2.02. The lowest BCUT2D eigenvalue weighted by atomic mass is 10.1. The molecule has 0 saturated carbocycles. The van der Waals surface area contributed by atoms with Gasteiger partial charge in [-0.2, -0.15) is 0 Å². The third-order valence-electron chi connectivity index (χ3n) is 4.50. The molecule has 0 spiro atoms. The van der Waals surface area contributed by atoms with Crippen molar-refractivity contribution in [1.29, 1.82) is 0 Å². The molecule has 25 heavy (non-hydrogen) atoms. The third-order valence-corrected chi connectivity index (χ3v) is 4.50. The van der Waals surface area contributed by atoms with Gasteiger partial charge in [0, 0.05) is 12.8 Å². The lowest BCUT2D eigenvalue weighted by Crippen LogP contribution is -1.99. The molecular weight excluding hydrogens is 318 g/mol. The molecule has 5 heteroatoms. The van der Waals surface area contributed by atoms with Crippen molar-refractivity contribution < 1.29 is 14.8 Å². The third kappa shape index (κ3) is 17.2. The molecule has 0 aromatic carbocycles. The van der Waals surface area contributed by atoms with Gasteiger partial charge in [-0.15, -0.1) is 0 Å². The number of allylic oxidation sites excluding steroid dienone is 2. The van der Waals surface area contributed by atoms with Crippen LogP contribution < -0.4 is 0 Å². The van der Waals surface area contributed by atoms with E-state index in [1.165, 1.54) is 38.5 Å². The number of nitro groups is 1. The summed E-state index contributed by atoms with van der Waals surface area (Å²) in [7, 11) is 0. The second kappa shape index (κ2) is 17.4. The highest BCUT2D eigenvalue weighted by atomic mass is 16.6. The molecule has 0 aromatic heterocycles. The van der Waals surface area contributed by atoms with E-state index in [0.717, 1.165) is 44.9 Å². The second-order valence-electron chi connectivity index (χ2n) is 6.88. The van der Waals surface area contributed by atoms with Crippen LogP contribution in [0.2, 0.25) is 0 Å². The van der Waals surface area contributed by atoms with Crippen LogP contribution in [0.1, 0.15) is 110 Å². The summed E-state index contributed by atoms with van der Waals surface area (Å²) >= 11 is 0. The van der Waals surface area contributed by atoms with Crippen LogP contribution in [0.25, 0.3) is 0 Å². The Morgan fingerprint density at radius 2 is 1.32 bits per heavy atom. The van der Waals surface area contributed by atoms with Gasteiger partial charge in [-0.3, -0.25) is 14.9 Å². The van der Waals surface area contributed by atoms with Crippen molar-refractivity contribution in [2.75, 3.05) is 0 Å². The van der Waals surface area contributed by atoms with E-state index in [1.54, 1.807) is 0 Å². The predicted molar refractivity (Wildman–Crippen MR) is 102 cm³/mol. The maximum Gasteiger partial charge on any atom is 0.303 e. The summed E-state index contributed by atoms with van der Waals surface area (Å²) in [6.07, 6.45) is 17.6. The smallest absolute Gasteiger partial charge is 0.303 e. The maximum atomic E-state index is 11.1. The molecule has 0 bridgehead atoms. The van der Waals surface area contributed by atoms with Crippen molar-refractivity contribution in [3.8, 4) is 0 Å². The van der Waals surface area contributed by atoms with Gasteiger partial charge in [0.05, 0.1) is 4.92 Å². The lowest BCUT2D eigenvalue weighted by molar-refractivity contribution is -0.428. The molecule has 0 aliphatic rings. The molecule has 0 aromatic rings. The average Bonchev–Trinajstić information content (AvgIpc) is 2.57. The fraction of sp³-hybridized carbons (Fsp3) is 0.850. The summed E-state index contributed by atoms with van der Waals surface area (Å²) in [6, 6.07) is 0. The molecule has 1 N–H and O–H groups in total. The zero-order valence-corrected chi connectivity index (χ0v) is 16.0. The summed E-state index contributed by atoms with van der Waals surface area (Å²) in [4.78, 5) is 21.2. The van der Waals surface area contributed by atoms with E-state index in [9.17, 15) is 14.9 Å². The quantitative estimate of drug-likeness (QED) is 0.173. The number of hydrogen-bond acceptors (Lipinski definition) is 3. The highest BCUT2D eigenvalue weighted by Gasteiger charge is 2.09. The van der Waals surface area contributed by atoms with Crippen LogP contribution in [-0.4, -0.2) is 16.0 Å². The molecule has 5 nitrogen and oxygen atoms in total. The van der Waals surface area contributed by atoms with E-state index in [0.29, 0.717) is 18.5 Å². The summed E-state index contributed by atoms with van der Waals surface area (Å²) < 4.78 is 0.